The predicted molar refractivity (Wildman–Crippen MR) is 261 cm³/mol. The highest BCUT2D eigenvalue weighted by molar-refractivity contribution is 7.98. The molecule has 364 valence electrons. The van der Waals surface area contributed by atoms with E-state index in [1.807, 2.05) is 48.7 Å². The molecule has 6 unspecified atom stereocenters. The molecular weight excluding hydrogens is 901 g/mol. The standard InChI is InChI=1S/C53H60N4O11S/c1-3-28-65-53-49(56(24-29-64-30-27-60)52(61)38-14-10-36(34-54)11-15-38)33-47(55-66-35-37-12-16-40(17-13-37)57(62)63)45-31-39(8-4-6-25-58)44(9-5-7-26-59)50(51(45)53)46-32-42(20-23-48(46)68-53)67-41-18-21-43(69-2)22-19-41/h3,10-23,31-32,39,44,49-51,58-60H,1,4-9,24-30,33,35H2,2H3. The van der Waals surface area contributed by atoms with E-state index in [1.165, 1.54) is 12.1 Å². The van der Waals surface area contributed by atoms with Gasteiger partial charge in [0.2, 0.25) is 5.79 Å². The maximum absolute atomic E-state index is 15.2. The summed E-state index contributed by atoms with van der Waals surface area (Å²) in [6.45, 7) is 4.10. The van der Waals surface area contributed by atoms with Crippen molar-refractivity contribution < 1.29 is 48.8 Å². The maximum atomic E-state index is 15.2. The first-order valence-electron chi connectivity index (χ1n) is 23.4. The van der Waals surface area contributed by atoms with E-state index in [0.29, 0.717) is 52.5 Å². The van der Waals surface area contributed by atoms with Crippen LogP contribution in [0.4, 0.5) is 5.69 Å². The Balaban J connectivity index is 1.44. The summed E-state index contributed by atoms with van der Waals surface area (Å²) >= 11 is 1.64. The number of nitro benzene ring substituents is 1. The van der Waals surface area contributed by atoms with E-state index < -0.39 is 22.7 Å². The van der Waals surface area contributed by atoms with E-state index in [4.69, 9.17) is 28.9 Å². The number of nitro groups is 1. The highest BCUT2D eigenvalue weighted by atomic mass is 32.2. The fraction of sp³-hybridized carbons (Fsp3) is 0.415. The van der Waals surface area contributed by atoms with Gasteiger partial charge in [-0.2, -0.15) is 5.26 Å². The first-order valence-corrected chi connectivity index (χ1v) is 24.7. The van der Waals surface area contributed by atoms with Gasteiger partial charge in [-0.15, -0.1) is 18.3 Å². The van der Waals surface area contributed by atoms with Crippen LogP contribution in [0, 0.1) is 39.2 Å². The van der Waals surface area contributed by atoms with E-state index >= 15 is 4.79 Å². The second-order valence-corrected chi connectivity index (χ2v) is 18.2. The number of unbranched alkanes of at least 4 members (excludes halogenated alkanes) is 2. The predicted octanol–water partition coefficient (Wildman–Crippen LogP) is 8.97. The van der Waals surface area contributed by atoms with Crippen LogP contribution in [0.2, 0.25) is 0 Å². The number of ether oxygens (including phenoxy) is 4. The van der Waals surface area contributed by atoms with Crippen LogP contribution < -0.4 is 9.47 Å². The van der Waals surface area contributed by atoms with Crippen LogP contribution in [0.3, 0.4) is 0 Å². The molecule has 15 nitrogen and oxygen atoms in total. The van der Waals surface area contributed by atoms with Crippen LogP contribution >= 0.6 is 11.8 Å². The summed E-state index contributed by atoms with van der Waals surface area (Å²) in [5.74, 6) is -1.17. The van der Waals surface area contributed by atoms with Crippen LogP contribution in [-0.4, -0.2) is 101 Å². The molecule has 4 aromatic carbocycles. The first kappa shape index (κ1) is 50.8. The number of carbonyl (C=O) groups is 1. The molecule has 0 radical (unpaired) electrons. The van der Waals surface area contributed by atoms with E-state index in [2.05, 4.69) is 18.7 Å². The van der Waals surface area contributed by atoms with Gasteiger partial charge in [0, 0.05) is 60.3 Å². The molecule has 7 rings (SSSR count). The van der Waals surface area contributed by atoms with Gasteiger partial charge >= 0.3 is 0 Å². The summed E-state index contributed by atoms with van der Waals surface area (Å²) < 4.78 is 26.9. The number of oxime groups is 1. The lowest BCUT2D eigenvalue weighted by Gasteiger charge is -2.60. The monoisotopic (exact) mass is 960 g/mol. The normalized spacial score (nSPS) is 21.8. The number of hydrogen-bond acceptors (Lipinski definition) is 14. The van der Waals surface area contributed by atoms with Gasteiger partial charge in [-0.3, -0.25) is 14.9 Å². The number of aliphatic hydroxyl groups is 3. The van der Waals surface area contributed by atoms with Gasteiger partial charge in [-0.1, -0.05) is 30.1 Å². The van der Waals surface area contributed by atoms with Crippen molar-refractivity contribution in [1.82, 2.24) is 4.90 Å². The minimum absolute atomic E-state index is 0.00377. The number of allylic oxidation sites excluding steroid dienone is 1. The van der Waals surface area contributed by atoms with E-state index in [1.54, 1.807) is 59.1 Å². The lowest BCUT2D eigenvalue weighted by atomic mass is 9.55. The van der Waals surface area contributed by atoms with Crippen LogP contribution in [0.15, 0.2) is 125 Å². The van der Waals surface area contributed by atoms with Gasteiger partial charge < -0.3 is 44.0 Å². The molecule has 1 fully saturated rings. The summed E-state index contributed by atoms with van der Waals surface area (Å²) in [6, 6.07) is 27.4. The third kappa shape index (κ3) is 11.9. The molecule has 1 amide bonds. The van der Waals surface area contributed by atoms with Crippen LogP contribution in [0.25, 0.3) is 0 Å². The lowest BCUT2D eigenvalue weighted by Crippen LogP contribution is -2.70. The summed E-state index contributed by atoms with van der Waals surface area (Å²) in [5.41, 5.74) is 3.57. The maximum Gasteiger partial charge on any atom is 0.269 e. The summed E-state index contributed by atoms with van der Waals surface area (Å²) in [6.07, 6.45) is 10.2. The number of rotatable bonds is 25. The van der Waals surface area contributed by atoms with Gasteiger partial charge in [0.1, 0.15) is 29.9 Å². The van der Waals surface area contributed by atoms with Crippen molar-refractivity contribution in [3.63, 3.8) is 0 Å². The topological polar surface area (TPSA) is 206 Å². The van der Waals surface area contributed by atoms with Crippen molar-refractivity contribution in [1.29, 1.82) is 5.26 Å². The molecule has 1 heterocycles. The SMILES string of the molecule is C=CCOC12Oc3ccc(Oc4ccc(SC)cc4)cc3C3C(CCCCO)C(CCCCO)C=C(C(=NOCc4ccc([N+](=O)[O-])cc4)CC1N(CCOCCO)C(=O)c1ccc(C#N)cc1)C32. The zero-order valence-corrected chi connectivity index (χ0v) is 39.6. The number of hydrogen-bond donors (Lipinski definition) is 3. The number of thioether (sulfide) groups is 1. The van der Waals surface area contributed by atoms with Crippen LogP contribution in [-0.2, 0) is 20.9 Å². The number of nitriles is 1. The number of aliphatic hydroxyl groups excluding tert-OH is 3. The van der Waals surface area contributed by atoms with Crippen molar-refractivity contribution in [2.45, 2.75) is 74.2 Å². The molecule has 6 atom stereocenters. The Labute approximate surface area is 407 Å². The third-order valence-electron chi connectivity index (χ3n) is 13.1. The minimum Gasteiger partial charge on any atom is -0.459 e. The molecule has 0 spiro atoms. The van der Waals surface area contributed by atoms with Gasteiger partial charge in [-0.05, 0) is 134 Å². The Morgan fingerprint density at radius 1 is 0.971 bits per heavy atom. The largest absolute Gasteiger partial charge is 0.459 e. The second-order valence-electron chi connectivity index (χ2n) is 17.3. The zero-order chi connectivity index (χ0) is 48.8. The molecular formula is C53H60N4O11S. The van der Waals surface area contributed by atoms with E-state index in [-0.39, 0.29) is 88.6 Å². The number of nitrogens with zero attached hydrogens (tertiary/aromatic N) is 4. The molecule has 0 bridgehead atoms. The number of amides is 1. The molecule has 3 N–H and O–H groups in total. The zero-order valence-electron chi connectivity index (χ0n) is 38.8. The molecule has 2 aliphatic carbocycles. The average Bonchev–Trinajstić information content (AvgIpc) is 3.37. The fourth-order valence-electron chi connectivity index (χ4n) is 9.97. The molecule has 69 heavy (non-hydrogen) atoms. The summed E-state index contributed by atoms with van der Waals surface area (Å²) in [4.78, 5) is 35.1. The lowest BCUT2D eigenvalue weighted by molar-refractivity contribution is -0.384. The number of carbonyl (C=O) groups excluding carboxylic acids is 1. The van der Waals surface area contributed by atoms with Crippen LogP contribution in [0.1, 0.15) is 77.9 Å². The Kier molecular flexibility index (Phi) is 18.0. The number of fused-ring (bicyclic) bond motifs is 2. The van der Waals surface area contributed by atoms with Crippen molar-refractivity contribution in [3.05, 3.63) is 148 Å². The molecule has 0 aromatic heterocycles. The van der Waals surface area contributed by atoms with Gasteiger partial charge in [-0.25, -0.2) is 0 Å². The average molecular weight is 961 g/mol. The Hall–Kier alpha value is -6.06. The smallest absolute Gasteiger partial charge is 0.269 e. The third-order valence-corrected chi connectivity index (χ3v) is 13.8. The fourth-order valence-corrected chi connectivity index (χ4v) is 10.4. The Morgan fingerprint density at radius 2 is 1.70 bits per heavy atom. The van der Waals surface area contributed by atoms with Gasteiger partial charge in [0.15, 0.2) is 0 Å². The molecule has 16 heteroatoms. The van der Waals surface area contributed by atoms with Crippen molar-refractivity contribution >= 4 is 29.1 Å². The quantitative estimate of drug-likeness (QED) is 0.0187. The molecule has 3 aliphatic rings. The highest BCUT2D eigenvalue weighted by Gasteiger charge is 2.65. The second kappa shape index (κ2) is 24.5. The number of benzene rings is 4. The number of non-ortho nitro benzene ring substituents is 1. The summed E-state index contributed by atoms with van der Waals surface area (Å²) in [5, 5.41) is 55.6. The highest BCUT2D eigenvalue weighted by Crippen LogP contribution is 2.62. The molecule has 1 aliphatic heterocycles. The molecule has 1 saturated carbocycles. The van der Waals surface area contributed by atoms with Gasteiger partial charge in [0.25, 0.3) is 11.6 Å². The molecule has 4 aromatic rings. The summed E-state index contributed by atoms with van der Waals surface area (Å²) in [7, 11) is 0. The minimum atomic E-state index is -1.57. The van der Waals surface area contributed by atoms with Crippen LogP contribution in [0.5, 0.6) is 17.2 Å². The van der Waals surface area contributed by atoms with E-state index in [9.17, 15) is 30.7 Å². The van der Waals surface area contributed by atoms with E-state index in [0.717, 1.165) is 41.7 Å². The molecule has 0 saturated heterocycles. The van der Waals surface area contributed by atoms with Crippen molar-refractivity contribution in [2.75, 3.05) is 52.4 Å². The Bertz CT molecular complexity index is 2480. The first-order chi connectivity index (χ1) is 33.7. The Morgan fingerprint density at radius 3 is 2.36 bits per heavy atom. The van der Waals surface area contributed by atoms with Gasteiger partial charge in [0.05, 0.1) is 54.6 Å². The van der Waals surface area contributed by atoms with Crippen molar-refractivity contribution in [2.24, 2.45) is 22.9 Å². The van der Waals surface area contributed by atoms with Crippen molar-refractivity contribution in [3.8, 4) is 23.3 Å².